The molecule has 0 saturated carbocycles. The lowest BCUT2D eigenvalue weighted by atomic mass is 9.99. The van der Waals surface area contributed by atoms with Crippen molar-refractivity contribution < 1.29 is 18.7 Å². The SMILES string of the molecule is CC1(C(=O)O)CCCN1Cc1ccc(F)c(F)c1. The molecule has 0 spiro atoms. The minimum absolute atomic E-state index is 0.319. The van der Waals surface area contributed by atoms with Crippen molar-refractivity contribution in [2.75, 3.05) is 6.54 Å². The minimum atomic E-state index is -0.912. The zero-order chi connectivity index (χ0) is 13.3. The third kappa shape index (κ3) is 2.22. The molecule has 0 radical (unpaired) electrons. The molecule has 1 aliphatic rings. The molecule has 1 aromatic rings. The van der Waals surface area contributed by atoms with Crippen LogP contribution in [0, 0.1) is 11.6 Å². The van der Waals surface area contributed by atoms with Gasteiger partial charge in [-0.2, -0.15) is 0 Å². The van der Waals surface area contributed by atoms with Crippen molar-refractivity contribution in [3.63, 3.8) is 0 Å². The summed E-state index contributed by atoms with van der Waals surface area (Å²) in [6.07, 6.45) is 1.37. The van der Waals surface area contributed by atoms with Gasteiger partial charge in [0.15, 0.2) is 11.6 Å². The van der Waals surface area contributed by atoms with Gasteiger partial charge in [-0.1, -0.05) is 6.07 Å². The van der Waals surface area contributed by atoms with Crippen LogP contribution in [0.25, 0.3) is 0 Å². The molecule has 1 N–H and O–H groups in total. The number of hydrogen-bond acceptors (Lipinski definition) is 2. The van der Waals surface area contributed by atoms with Crippen molar-refractivity contribution in [1.82, 2.24) is 4.90 Å². The molecule has 3 nitrogen and oxygen atoms in total. The van der Waals surface area contributed by atoms with E-state index in [9.17, 15) is 18.7 Å². The third-order valence-corrected chi connectivity index (χ3v) is 3.61. The second-order valence-electron chi connectivity index (χ2n) is 4.85. The Hall–Kier alpha value is -1.49. The number of aliphatic carboxylic acids is 1. The number of nitrogens with zero attached hydrogens (tertiary/aromatic N) is 1. The fourth-order valence-corrected chi connectivity index (χ4v) is 2.37. The molecule has 0 aliphatic carbocycles. The lowest BCUT2D eigenvalue weighted by Gasteiger charge is -2.31. The first-order valence-corrected chi connectivity index (χ1v) is 5.86. The van der Waals surface area contributed by atoms with Crippen LogP contribution < -0.4 is 0 Å². The molecule has 1 atom stereocenters. The summed E-state index contributed by atoms with van der Waals surface area (Å²) >= 11 is 0. The van der Waals surface area contributed by atoms with Gasteiger partial charge < -0.3 is 5.11 Å². The number of carboxylic acid groups (broad SMARTS) is 1. The van der Waals surface area contributed by atoms with Gasteiger partial charge >= 0.3 is 5.97 Å². The first-order chi connectivity index (χ1) is 8.43. The van der Waals surface area contributed by atoms with Gasteiger partial charge in [0.25, 0.3) is 0 Å². The van der Waals surface area contributed by atoms with Crippen molar-refractivity contribution in [2.24, 2.45) is 0 Å². The van der Waals surface area contributed by atoms with Crippen LogP contribution in [0.5, 0.6) is 0 Å². The number of carbonyl (C=O) groups is 1. The lowest BCUT2D eigenvalue weighted by Crippen LogP contribution is -2.47. The Kier molecular flexibility index (Phi) is 3.34. The van der Waals surface area contributed by atoms with Crippen molar-refractivity contribution in [1.29, 1.82) is 0 Å². The van der Waals surface area contributed by atoms with Crippen molar-refractivity contribution in [3.05, 3.63) is 35.4 Å². The quantitative estimate of drug-likeness (QED) is 0.901. The van der Waals surface area contributed by atoms with E-state index in [0.717, 1.165) is 18.6 Å². The van der Waals surface area contributed by atoms with Crippen molar-refractivity contribution in [3.8, 4) is 0 Å². The highest BCUT2D eigenvalue weighted by atomic mass is 19.2. The predicted octanol–water partition coefficient (Wildman–Crippen LogP) is 2.40. The lowest BCUT2D eigenvalue weighted by molar-refractivity contribution is -0.148. The number of benzene rings is 1. The van der Waals surface area contributed by atoms with Gasteiger partial charge in [-0.05, 0) is 44.0 Å². The molecule has 1 fully saturated rings. The van der Waals surface area contributed by atoms with E-state index in [1.165, 1.54) is 6.07 Å². The normalized spacial score (nSPS) is 24.4. The monoisotopic (exact) mass is 255 g/mol. The van der Waals surface area contributed by atoms with Crippen LogP contribution in [0.1, 0.15) is 25.3 Å². The molecule has 18 heavy (non-hydrogen) atoms. The van der Waals surface area contributed by atoms with E-state index in [1.54, 1.807) is 11.8 Å². The van der Waals surface area contributed by atoms with E-state index >= 15 is 0 Å². The van der Waals surface area contributed by atoms with E-state index in [4.69, 9.17) is 0 Å². The van der Waals surface area contributed by atoms with E-state index in [2.05, 4.69) is 0 Å². The smallest absolute Gasteiger partial charge is 0.323 e. The Balaban J connectivity index is 2.18. The molecule has 5 heteroatoms. The fourth-order valence-electron chi connectivity index (χ4n) is 2.37. The summed E-state index contributed by atoms with van der Waals surface area (Å²) in [5, 5.41) is 9.24. The Labute approximate surface area is 104 Å². The standard InChI is InChI=1S/C13H15F2NO2/c1-13(12(17)18)5-2-6-16(13)8-9-3-4-10(14)11(15)7-9/h3-4,7H,2,5-6,8H2,1H3,(H,17,18). The van der Waals surface area contributed by atoms with Gasteiger partial charge in [0.2, 0.25) is 0 Å². The summed E-state index contributed by atoms with van der Waals surface area (Å²) in [6, 6.07) is 3.67. The maximum atomic E-state index is 13.1. The average Bonchev–Trinajstić information content (AvgIpc) is 2.67. The van der Waals surface area contributed by atoms with Crippen LogP contribution in [0.3, 0.4) is 0 Å². The zero-order valence-corrected chi connectivity index (χ0v) is 10.1. The summed E-state index contributed by atoms with van der Waals surface area (Å²) in [5.41, 5.74) is -0.325. The van der Waals surface area contributed by atoms with Crippen molar-refractivity contribution in [2.45, 2.75) is 31.8 Å². The van der Waals surface area contributed by atoms with E-state index in [0.29, 0.717) is 25.1 Å². The van der Waals surface area contributed by atoms with Crippen LogP contribution in [0.15, 0.2) is 18.2 Å². The number of carboxylic acids is 1. The number of hydrogen-bond donors (Lipinski definition) is 1. The summed E-state index contributed by atoms with van der Waals surface area (Å²) in [7, 11) is 0. The number of likely N-dealkylation sites (tertiary alicyclic amines) is 1. The summed E-state index contributed by atoms with van der Waals surface area (Å²) in [6.45, 7) is 2.64. The molecule has 0 bridgehead atoms. The van der Waals surface area contributed by atoms with Crippen LogP contribution in [-0.4, -0.2) is 28.1 Å². The maximum absolute atomic E-state index is 13.1. The van der Waals surface area contributed by atoms with Crippen LogP contribution >= 0.6 is 0 Å². The molecule has 0 amide bonds. The molecule has 2 rings (SSSR count). The van der Waals surface area contributed by atoms with Crippen LogP contribution in [-0.2, 0) is 11.3 Å². The van der Waals surface area contributed by atoms with Crippen LogP contribution in [0.2, 0.25) is 0 Å². The average molecular weight is 255 g/mol. The molecule has 0 aromatic heterocycles. The molecular weight excluding hydrogens is 240 g/mol. The maximum Gasteiger partial charge on any atom is 0.323 e. The molecule has 1 saturated heterocycles. The van der Waals surface area contributed by atoms with E-state index in [-0.39, 0.29) is 0 Å². The van der Waals surface area contributed by atoms with E-state index in [1.807, 2.05) is 0 Å². The molecule has 1 heterocycles. The Morgan fingerprint density at radius 2 is 2.17 bits per heavy atom. The second-order valence-corrected chi connectivity index (χ2v) is 4.85. The predicted molar refractivity (Wildman–Crippen MR) is 62.0 cm³/mol. The largest absolute Gasteiger partial charge is 0.480 e. The highest BCUT2D eigenvalue weighted by Gasteiger charge is 2.43. The Morgan fingerprint density at radius 3 is 2.78 bits per heavy atom. The topological polar surface area (TPSA) is 40.5 Å². The summed E-state index contributed by atoms with van der Waals surface area (Å²) in [5.74, 6) is -2.66. The summed E-state index contributed by atoms with van der Waals surface area (Å²) < 4.78 is 25.9. The molecular formula is C13H15F2NO2. The minimum Gasteiger partial charge on any atom is -0.480 e. The molecule has 98 valence electrons. The highest BCUT2D eigenvalue weighted by molar-refractivity contribution is 5.78. The molecule has 1 aromatic carbocycles. The fraction of sp³-hybridized carbons (Fsp3) is 0.462. The second kappa shape index (κ2) is 4.65. The molecule has 1 unspecified atom stereocenters. The van der Waals surface area contributed by atoms with Gasteiger partial charge in [-0.15, -0.1) is 0 Å². The number of rotatable bonds is 3. The first kappa shape index (κ1) is 13.0. The van der Waals surface area contributed by atoms with Gasteiger partial charge in [0.1, 0.15) is 5.54 Å². The first-order valence-electron chi connectivity index (χ1n) is 5.86. The van der Waals surface area contributed by atoms with Gasteiger partial charge in [0, 0.05) is 6.54 Å². The van der Waals surface area contributed by atoms with Gasteiger partial charge in [-0.25, -0.2) is 8.78 Å². The van der Waals surface area contributed by atoms with E-state index < -0.39 is 23.1 Å². The Morgan fingerprint density at radius 1 is 1.44 bits per heavy atom. The van der Waals surface area contributed by atoms with Gasteiger partial charge in [-0.3, -0.25) is 9.69 Å². The van der Waals surface area contributed by atoms with Crippen LogP contribution in [0.4, 0.5) is 8.78 Å². The third-order valence-electron chi connectivity index (χ3n) is 3.61. The Bertz CT molecular complexity index is 478. The van der Waals surface area contributed by atoms with Gasteiger partial charge in [0.05, 0.1) is 0 Å². The molecule has 1 aliphatic heterocycles. The number of halogens is 2. The highest BCUT2D eigenvalue weighted by Crippen LogP contribution is 2.30. The van der Waals surface area contributed by atoms with Crippen molar-refractivity contribution >= 4 is 5.97 Å². The summed E-state index contributed by atoms with van der Waals surface area (Å²) in [4.78, 5) is 13.1. The zero-order valence-electron chi connectivity index (χ0n) is 10.1.